The molecule has 3 aliphatic heterocycles. The van der Waals surface area contributed by atoms with Crippen LogP contribution < -0.4 is 4.74 Å². The second kappa shape index (κ2) is 8.03. The molecule has 1 fully saturated rings. The van der Waals surface area contributed by atoms with Crippen LogP contribution >= 0.6 is 12.6 Å². The summed E-state index contributed by atoms with van der Waals surface area (Å²) in [5, 5.41) is 2.39. The summed E-state index contributed by atoms with van der Waals surface area (Å²) in [4.78, 5) is 5.97. The van der Waals surface area contributed by atoms with Crippen molar-refractivity contribution in [1.29, 1.82) is 0 Å². The van der Waals surface area contributed by atoms with E-state index in [-0.39, 0.29) is 5.60 Å². The Hall–Kier alpha value is -3.11. The maximum Gasteiger partial charge on any atom is 0.178 e. The van der Waals surface area contributed by atoms with Crippen LogP contribution in [0.2, 0.25) is 0 Å². The van der Waals surface area contributed by atoms with Crippen molar-refractivity contribution < 1.29 is 9.31 Å². The Morgan fingerprint density at radius 3 is 2.55 bits per heavy atom. The van der Waals surface area contributed by atoms with Crippen molar-refractivity contribution in [2.45, 2.75) is 43.1 Å². The third kappa shape index (κ3) is 3.83. The Kier molecular flexibility index (Phi) is 4.99. The summed E-state index contributed by atoms with van der Waals surface area (Å²) in [5.74, 6) is 0.958. The first-order chi connectivity index (χ1) is 16.1. The van der Waals surface area contributed by atoms with E-state index in [1.165, 1.54) is 21.9 Å². The van der Waals surface area contributed by atoms with Gasteiger partial charge in [-0.2, -0.15) is 0 Å². The molecule has 0 saturated heterocycles. The highest BCUT2D eigenvalue weighted by Gasteiger charge is 2.43. The zero-order valence-corrected chi connectivity index (χ0v) is 19.7. The number of benzene rings is 3. The Bertz CT molecular complexity index is 1370. The lowest BCUT2D eigenvalue weighted by Crippen LogP contribution is -2.18. The highest BCUT2D eigenvalue weighted by molar-refractivity contribution is 7.80. The molecule has 1 aliphatic carbocycles. The molecule has 1 saturated carbocycles. The molecule has 0 spiro atoms. The Morgan fingerprint density at radius 2 is 1.79 bits per heavy atom. The number of allylic oxidation sites excluding steroid dienone is 2. The fraction of sp³-hybridized carbons (Fsp3) is 0.241. The van der Waals surface area contributed by atoms with E-state index in [0.29, 0.717) is 0 Å². The molecule has 3 aromatic carbocycles. The topological polar surface area (TPSA) is 24.6 Å². The molecule has 3 nitrogen and oxygen atoms in total. The monoisotopic (exact) mass is 451 g/mol. The summed E-state index contributed by atoms with van der Waals surface area (Å²) in [6, 6.07) is 21.2. The van der Waals surface area contributed by atoms with Gasteiger partial charge in [-0.1, -0.05) is 49.4 Å². The van der Waals surface area contributed by atoms with Crippen LogP contribution in [0, 0.1) is 0 Å². The SMILES string of the molecule is CCC1(Oc2ccc(/C3=C/[N+]4=CC(c5ccc(S)c6ccccc56)=C(CC4)N=C3)cc2)CC1. The van der Waals surface area contributed by atoms with Crippen molar-refractivity contribution in [3.63, 3.8) is 0 Å². The predicted octanol–water partition coefficient (Wildman–Crippen LogP) is 6.77. The van der Waals surface area contributed by atoms with Crippen LogP contribution in [-0.2, 0) is 0 Å². The van der Waals surface area contributed by atoms with Crippen LogP contribution in [0.3, 0.4) is 0 Å². The number of hydrogen-bond donors (Lipinski definition) is 1. The van der Waals surface area contributed by atoms with Crippen molar-refractivity contribution in [3.05, 3.63) is 83.7 Å². The molecule has 0 atom stereocenters. The number of hydrogen-bond acceptors (Lipinski definition) is 3. The van der Waals surface area contributed by atoms with Gasteiger partial charge in [0.1, 0.15) is 11.4 Å². The van der Waals surface area contributed by atoms with Gasteiger partial charge in [0.15, 0.2) is 19.0 Å². The summed E-state index contributed by atoms with van der Waals surface area (Å²) < 4.78 is 8.52. The zero-order valence-electron chi connectivity index (χ0n) is 18.8. The zero-order chi connectivity index (χ0) is 22.4. The molecular weight excluding hydrogens is 424 g/mol. The average Bonchev–Trinajstić information content (AvgIpc) is 3.60. The molecule has 0 aromatic heterocycles. The maximum absolute atomic E-state index is 6.22. The summed E-state index contributed by atoms with van der Waals surface area (Å²) in [7, 11) is 0. The molecule has 4 aliphatic rings. The third-order valence-electron chi connectivity index (χ3n) is 7.04. The summed E-state index contributed by atoms with van der Waals surface area (Å²) in [6.45, 7) is 3.14. The van der Waals surface area contributed by atoms with Gasteiger partial charge in [0.25, 0.3) is 0 Å². The van der Waals surface area contributed by atoms with Crippen LogP contribution in [0.25, 0.3) is 21.9 Å². The van der Waals surface area contributed by atoms with E-state index in [1.54, 1.807) is 0 Å². The first-order valence-corrected chi connectivity index (χ1v) is 12.2. The smallest absolute Gasteiger partial charge is 0.178 e. The molecule has 0 amide bonds. The normalized spacial score (nSPS) is 20.2. The molecule has 0 radical (unpaired) electrons. The van der Waals surface area contributed by atoms with Crippen molar-refractivity contribution >= 4 is 47.0 Å². The molecule has 0 unspecified atom stereocenters. The van der Waals surface area contributed by atoms with Gasteiger partial charge in [0.05, 0.1) is 23.3 Å². The first-order valence-electron chi connectivity index (χ1n) is 11.7. The van der Waals surface area contributed by atoms with Gasteiger partial charge in [0.2, 0.25) is 0 Å². The number of ether oxygens (including phenoxy) is 1. The molecule has 3 aromatic rings. The highest BCUT2D eigenvalue weighted by Crippen LogP contribution is 2.43. The fourth-order valence-electron chi connectivity index (χ4n) is 4.79. The maximum atomic E-state index is 6.22. The molecule has 2 bridgehead atoms. The van der Waals surface area contributed by atoms with Crippen LogP contribution in [0.15, 0.2) is 82.4 Å². The standard InChI is InChI=1S/C29H26N2OS/c1-2-29(14-15-29)32-22-9-7-20(8-10-22)21-17-30-27-13-16-31(18-21)19-26(27)24-11-12-28(33)25-6-4-3-5-23(24)25/h3-12,17-19H,2,13-16H2,1H3/p+1/b21-17?,21-18+. The highest BCUT2D eigenvalue weighted by atomic mass is 32.1. The van der Waals surface area contributed by atoms with Gasteiger partial charge < -0.3 is 4.74 Å². The summed E-state index contributed by atoms with van der Waals surface area (Å²) >= 11 is 4.66. The molecule has 4 heteroatoms. The van der Waals surface area contributed by atoms with Gasteiger partial charge in [-0.25, -0.2) is 4.58 Å². The van der Waals surface area contributed by atoms with Gasteiger partial charge >= 0.3 is 0 Å². The molecule has 7 rings (SSSR count). The van der Waals surface area contributed by atoms with Crippen molar-refractivity contribution in [3.8, 4) is 5.75 Å². The second-order valence-electron chi connectivity index (χ2n) is 9.16. The van der Waals surface area contributed by atoms with Crippen LogP contribution in [0.5, 0.6) is 5.75 Å². The Labute approximate surface area is 200 Å². The van der Waals surface area contributed by atoms with Crippen LogP contribution in [0.1, 0.15) is 43.7 Å². The fourth-order valence-corrected chi connectivity index (χ4v) is 5.06. The lowest BCUT2D eigenvalue weighted by Gasteiger charge is -2.18. The molecule has 0 N–H and O–H groups in total. The van der Waals surface area contributed by atoms with Gasteiger partial charge in [-0.05, 0) is 59.4 Å². The average molecular weight is 452 g/mol. The lowest BCUT2D eigenvalue weighted by atomic mass is 9.94. The summed E-state index contributed by atoms with van der Waals surface area (Å²) in [5.41, 5.74) is 5.88. The number of fused-ring (bicyclic) bond motifs is 4. The number of rotatable bonds is 5. The number of nitrogens with zero attached hydrogens (tertiary/aromatic N) is 2. The second-order valence-corrected chi connectivity index (χ2v) is 9.64. The molecule has 164 valence electrons. The van der Waals surface area contributed by atoms with Crippen molar-refractivity contribution in [1.82, 2.24) is 0 Å². The van der Waals surface area contributed by atoms with Crippen LogP contribution in [-0.4, -0.2) is 29.2 Å². The third-order valence-corrected chi connectivity index (χ3v) is 7.43. The molecule has 33 heavy (non-hydrogen) atoms. The van der Waals surface area contributed by atoms with Crippen molar-refractivity contribution in [2.24, 2.45) is 4.99 Å². The van der Waals surface area contributed by atoms with E-state index in [9.17, 15) is 0 Å². The quantitative estimate of drug-likeness (QED) is 0.336. The lowest BCUT2D eigenvalue weighted by molar-refractivity contribution is -0.450. The van der Waals surface area contributed by atoms with E-state index in [2.05, 4.69) is 97.2 Å². The van der Waals surface area contributed by atoms with E-state index in [4.69, 9.17) is 9.73 Å². The van der Waals surface area contributed by atoms with Gasteiger partial charge in [-0.3, -0.25) is 4.99 Å². The van der Waals surface area contributed by atoms with E-state index >= 15 is 0 Å². The minimum absolute atomic E-state index is 0.0838. The first kappa shape index (κ1) is 20.5. The Balaban J connectivity index is 1.33. The van der Waals surface area contributed by atoms with Crippen LogP contribution in [0.4, 0.5) is 0 Å². The van der Waals surface area contributed by atoms with Gasteiger partial charge in [-0.15, -0.1) is 12.6 Å². The number of aliphatic imine (C=N–C) groups is 1. The largest absolute Gasteiger partial charge is 0.487 e. The molecule has 3 heterocycles. The minimum atomic E-state index is 0.0838. The number of thiol groups is 1. The van der Waals surface area contributed by atoms with E-state index < -0.39 is 0 Å². The minimum Gasteiger partial charge on any atom is -0.487 e. The molecular formula is C29H27N2OS+. The van der Waals surface area contributed by atoms with E-state index in [0.717, 1.165) is 59.7 Å². The summed E-state index contributed by atoms with van der Waals surface area (Å²) in [6.07, 6.45) is 10.8. The van der Waals surface area contributed by atoms with E-state index in [1.807, 2.05) is 6.21 Å². The van der Waals surface area contributed by atoms with Crippen molar-refractivity contribution in [2.75, 3.05) is 6.54 Å². The Morgan fingerprint density at radius 1 is 1.00 bits per heavy atom. The predicted molar refractivity (Wildman–Crippen MR) is 140 cm³/mol. The van der Waals surface area contributed by atoms with Gasteiger partial charge in [0, 0.05) is 11.1 Å².